The molecule has 0 atom stereocenters. The summed E-state index contributed by atoms with van der Waals surface area (Å²) >= 11 is 17.9. The number of halogens is 3. The van der Waals surface area contributed by atoms with Gasteiger partial charge in [-0.05, 0) is 66.2 Å². The number of rotatable bonds is 8. The highest BCUT2D eigenvalue weighted by atomic mass is 35.5. The van der Waals surface area contributed by atoms with Crippen LogP contribution in [0.15, 0.2) is 71.6 Å². The average Bonchev–Trinajstić information content (AvgIpc) is 2.76. The van der Waals surface area contributed by atoms with Crippen molar-refractivity contribution in [3.05, 3.63) is 87.4 Å². The highest BCUT2D eigenvalue weighted by molar-refractivity contribution is 7.89. The van der Waals surface area contributed by atoms with Gasteiger partial charge in [0.25, 0.3) is 0 Å². The topological polar surface area (TPSA) is 75.7 Å². The van der Waals surface area contributed by atoms with Crippen molar-refractivity contribution in [3.8, 4) is 5.75 Å². The van der Waals surface area contributed by atoms with Gasteiger partial charge in [-0.1, -0.05) is 40.9 Å². The van der Waals surface area contributed by atoms with Crippen LogP contribution in [0.4, 0.5) is 5.69 Å². The van der Waals surface area contributed by atoms with Crippen LogP contribution in [0.1, 0.15) is 5.56 Å². The van der Waals surface area contributed by atoms with Gasteiger partial charge in [-0.15, -0.1) is 0 Å². The summed E-state index contributed by atoms with van der Waals surface area (Å²) in [6, 6.07) is 17.2. The Morgan fingerprint density at radius 1 is 0.938 bits per heavy atom. The Morgan fingerprint density at radius 3 is 2.19 bits per heavy atom. The first kappa shape index (κ1) is 24.4. The lowest BCUT2D eigenvalue weighted by molar-refractivity contribution is -0.116. The van der Waals surface area contributed by atoms with E-state index in [0.717, 1.165) is 4.31 Å². The number of nitrogens with one attached hydrogen (secondary N) is 1. The van der Waals surface area contributed by atoms with Crippen LogP contribution in [0.25, 0.3) is 0 Å². The second-order valence-electron chi connectivity index (χ2n) is 6.75. The van der Waals surface area contributed by atoms with Gasteiger partial charge in [0.1, 0.15) is 5.75 Å². The van der Waals surface area contributed by atoms with Crippen molar-refractivity contribution in [2.75, 3.05) is 19.0 Å². The van der Waals surface area contributed by atoms with Gasteiger partial charge >= 0.3 is 0 Å². The molecule has 0 saturated carbocycles. The van der Waals surface area contributed by atoms with Crippen LogP contribution in [0.5, 0.6) is 5.75 Å². The van der Waals surface area contributed by atoms with E-state index in [1.54, 1.807) is 42.5 Å². The predicted molar refractivity (Wildman–Crippen MR) is 127 cm³/mol. The maximum absolute atomic E-state index is 13.3. The lowest BCUT2D eigenvalue weighted by atomic mass is 10.2. The van der Waals surface area contributed by atoms with Crippen molar-refractivity contribution in [2.45, 2.75) is 11.4 Å². The van der Waals surface area contributed by atoms with E-state index in [-0.39, 0.29) is 16.5 Å². The molecule has 0 aliphatic heterocycles. The van der Waals surface area contributed by atoms with Gasteiger partial charge in [0.2, 0.25) is 15.9 Å². The van der Waals surface area contributed by atoms with Crippen LogP contribution in [-0.4, -0.2) is 32.3 Å². The van der Waals surface area contributed by atoms with Gasteiger partial charge in [0.15, 0.2) is 0 Å². The zero-order valence-electron chi connectivity index (χ0n) is 16.9. The van der Waals surface area contributed by atoms with Crippen LogP contribution >= 0.6 is 34.8 Å². The summed E-state index contributed by atoms with van der Waals surface area (Å²) in [6.07, 6.45) is 0. The first-order chi connectivity index (χ1) is 15.2. The fourth-order valence-corrected chi connectivity index (χ4v) is 4.69. The summed E-state index contributed by atoms with van der Waals surface area (Å²) in [7, 11) is -2.48. The number of carbonyl (C=O) groups is 1. The Morgan fingerprint density at radius 2 is 1.59 bits per heavy atom. The summed E-state index contributed by atoms with van der Waals surface area (Å²) in [5.41, 5.74) is 1.09. The minimum Gasteiger partial charge on any atom is -0.497 e. The Bertz CT molecular complexity index is 1200. The monoisotopic (exact) mass is 512 g/mol. The van der Waals surface area contributed by atoms with Crippen LogP contribution < -0.4 is 10.1 Å². The van der Waals surface area contributed by atoms with E-state index in [0.29, 0.717) is 27.0 Å². The van der Waals surface area contributed by atoms with Crippen molar-refractivity contribution in [1.29, 1.82) is 0 Å². The first-order valence-electron chi connectivity index (χ1n) is 9.32. The minimum atomic E-state index is -4.02. The van der Waals surface area contributed by atoms with E-state index in [1.165, 1.54) is 31.4 Å². The number of nitrogens with zero attached hydrogens (tertiary/aromatic N) is 1. The molecule has 0 aliphatic carbocycles. The molecule has 3 aromatic carbocycles. The number of ether oxygens (including phenoxy) is 1. The molecular formula is C22H19Cl3N2O4S. The smallest absolute Gasteiger partial charge is 0.243 e. The molecule has 1 amide bonds. The standard InChI is InChI=1S/C22H19Cl3N2O4S/c1-31-18-7-5-17(6-8-18)26-22(28)14-27(13-15-2-11-20(24)21(25)12-15)32(29,30)19-9-3-16(23)4-10-19/h2-12H,13-14H2,1H3,(H,26,28). The van der Waals surface area contributed by atoms with E-state index in [4.69, 9.17) is 39.5 Å². The van der Waals surface area contributed by atoms with Crippen molar-refractivity contribution in [3.63, 3.8) is 0 Å². The molecule has 0 unspecified atom stereocenters. The molecule has 10 heteroatoms. The van der Waals surface area contributed by atoms with Crippen molar-refractivity contribution >= 4 is 56.4 Å². The fraction of sp³-hybridized carbons (Fsp3) is 0.136. The maximum Gasteiger partial charge on any atom is 0.243 e. The number of sulfonamides is 1. The number of benzene rings is 3. The molecule has 0 aromatic heterocycles. The fourth-order valence-electron chi connectivity index (χ4n) is 2.86. The normalized spacial score (nSPS) is 11.4. The first-order valence-corrected chi connectivity index (χ1v) is 11.9. The second-order valence-corrected chi connectivity index (χ2v) is 9.94. The lowest BCUT2D eigenvalue weighted by Crippen LogP contribution is -2.37. The second kappa shape index (κ2) is 10.6. The van der Waals surface area contributed by atoms with E-state index < -0.39 is 22.5 Å². The van der Waals surface area contributed by atoms with Crippen molar-refractivity contribution in [2.24, 2.45) is 0 Å². The molecule has 6 nitrogen and oxygen atoms in total. The molecule has 0 fully saturated rings. The van der Waals surface area contributed by atoms with E-state index >= 15 is 0 Å². The number of amides is 1. The molecule has 0 saturated heterocycles. The third kappa shape index (κ3) is 6.15. The molecule has 0 aliphatic rings. The number of methoxy groups -OCH3 is 1. The third-order valence-corrected chi connectivity index (χ3v) is 7.29. The summed E-state index contributed by atoms with van der Waals surface area (Å²) < 4.78 is 32.8. The molecule has 32 heavy (non-hydrogen) atoms. The number of carbonyl (C=O) groups excluding carboxylic acids is 1. The molecule has 3 aromatic rings. The van der Waals surface area contributed by atoms with Gasteiger partial charge in [0.05, 0.1) is 28.6 Å². The molecule has 3 rings (SSSR count). The Kier molecular flexibility index (Phi) is 8.03. The predicted octanol–water partition coefficient (Wildman–Crippen LogP) is 5.49. The molecule has 168 valence electrons. The van der Waals surface area contributed by atoms with Gasteiger partial charge in [-0.2, -0.15) is 4.31 Å². The SMILES string of the molecule is COc1ccc(NC(=O)CN(Cc2ccc(Cl)c(Cl)c2)S(=O)(=O)c2ccc(Cl)cc2)cc1. The molecular weight excluding hydrogens is 495 g/mol. The molecule has 0 spiro atoms. The highest BCUT2D eigenvalue weighted by Crippen LogP contribution is 2.26. The number of hydrogen-bond donors (Lipinski definition) is 1. The van der Waals surface area contributed by atoms with E-state index in [9.17, 15) is 13.2 Å². The quantitative estimate of drug-likeness (QED) is 0.432. The Hall–Kier alpha value is -2.29. The van der Waals surface area contributed by atoms with E-state index in [2.05, 4.69) is 5.32 Å². The van der Waals surface area contributed by atoms with Gasteiger partial charge in [0, 0.05) is 17.3 Å². The average molecular weight is 514 g/mol. The Balaban J connectivity index is 1.87. The zero-order chi connectivity index (χ0) is 23.3. The Labute approximate surface area is 201 Å². The van der Waals surface area contributed by atoms with Crippen LogP contribution in [0.3, 0.4) is 0 Å². The lowest BCUT2D eigenvalue weighted by Gasteiger charge is -2.22. The van der Waals surface area contributed by atoms with Crippen LogP contribution in [-0.2, 0) is 21.4 Å². The van der Waals surface area contributed by atoms with Gasteiger partial charge in [-0.25, -0.2) is 8.42 Å². The number of hydrogen-bond acceptors (Lipinski definition) is 4. The molecule has 0 heterocycles. The van der Waals surface area contributed by atoms with Gasteiger partial charge < -0.3 is 10.1 Å². The molecule has 0 bridgehead atoms. The number of anilines is 1. The summed E-state index contributed by atoms with van der Waals surface area (Å²) in [5.74, 6) is 0.127. The largest absolute Gasteiger partial charge is 0.497 e. The van der Waals surface area contributed by atoms with Crippen LogP contribution in [0, 0.1) is 0 Å². The van der Waals surface area contributed by atoms with Crippen LogP contribution in [0.2, 0.25) is 15.1 Å². The maximum atomic E-state index is 13.3. The molecule has 0 radical (unpaired) electrons. The zero-order valence-corrected chi connectivity index (χ0v) is 20.0. The minimum absolute atomic E-state index is 0.0132. The summed E-state index contributed by atoms with van der Waals surface area (Å²) in [5, 5.41) is 3.73. The van der Waals surface area contributed by atoms with E-state index in [1.807, 2.05) is 0 Å². The molecule has 1 N–H and O–H groups in total. The third-order valence-electron chi connectivity index (χ3n) is 4.49. The highest BCUT2D eigenvalue weighted by Gasteiger charge is 2.27. The summed E-state index contributed by atoms with van der Waals surface area (Å²) in [6.45, 7) is -0.505. The van der Waals surface area contributed by atoms with Gasteiger partial charge in [-0.3, -0.25) is 4.79 Å². The van der Waals surface area contributed by atoms with Crippen molar-refractivity contribution in [1.82, 2.24) is 4.31 Å². The van der Waals surface area contributed by atoms with Crippen molar-refractivity contribution < 1.29 is 17.9 Å². The summed E-state index contributed by atoms with van der Waals surface area (Å²) in [4.78, 5) is 12.7.